The number of hydrogen-bond acceptors (Lipinski definition) is 3. The Labute approximate surface area is 101 Å². The first-order valence-corrected chi connectivity index (χ1v) is 5.84. The number of hydrogen-bond donors (Lipinski definition) is 1. The summed E-state index contributed by atoms with van der Waals surface area (Å²) in [6, 6.07) is 0. The van der Waals surface area contributed by atoms with E-state index in [0.29, 0.717) is 32.4 Å². The van der Waals surface area contributed by atoms with Gasteiger partial charge in [-0.05, 0) is 19.8 Å². The van der Waals surface area contributed by atoms with Crippen molar-refractivity contribution in [3.05, 3.63) is 12.7 Å². The fourth-order valence-electron chi connectivity index (χ4n) is 1.88. The molecular weight excluding hydrogens is 222 g/mol. The first-order valence-electron chi connectivity index (χ1n) is 5.84. The van der Waals surface area contributed by atoms with E-state index in [0.717, 1.165) is 0 Å². The molecule has 1 aliphatic rings. The monoisotopic (exact) mass is 241 g/mol. The minimum absolute atomic E-state index is 0.155. The Hall–Kier alpha value is -1.52. The molecule has 1 atom stereocenters. The third-order valence-electron chi connectivity index (χ3n) is 2.91. The molecule has 5 nitrogen and oxygen atoms in total. The zero-order valence-corrected chi connectivity index (χ0v) is 10.1. The Morgan fingerprint density at radius 1 is 1.53 bits per heavy atom. The molecule has 0 aliphatic carbocycles. The smallest absolute Gasteiger partial charge is 0.407 e. The maximum Gasteiger partial charge on any atom is 0.407 e. The lowest BCUT2D eigenvalue weighted by molar-refractivity contribution is -0.154. The molecule has 1 aliphatic heterocycles. The molecule has 0 spiro atoms. The molecule has 96 valence electrons. The molecule has 1 N–H and O–H groups in total. The van der Waals surface area contributed by atoms with Crippen LogP contribution in [0.1, 0.15) is 26.2 Å². The average Bonchev–Trinajstić information content (AvgIpc) is 2.29. The highest BCUT2D eigenvalue weighted by molar-refractivity contribution is 5.73. The van der Waals surface area contributed by atoms with Crippen LogP contribution in [-0.2, 0) is 9.53 Å². The molecular formula is C12H19NO4. The molecule has 0 aromatic carbocycles. The third-order valence-corrected chi connectivity index (χ3v) is 2.91. The van der Waals surface area contributed by atoms with E-state index in [1.807, 2.05) is 6.92 Å². The summed E-state index contributed by atoms with van der Waals surface area (Å²) in [5.41, 5.74) is 0. The lowest BCUT2D eigenvalue weighted by Crippen LogP contribution is -2.40. The third kappa shape index (κ3) is 4.09. The van der Waals surface area contributed by atoms with Crippen LogP contribution in [0.5, 0.6) is 0 Å². The van der Waals surface area contributed by atoms with E-state index < -0.39 is 6.09 Å². The number of nitrogens with zero attached hydrogens (tertiary/aromatic N) is 1. The number of amides is 1. The van der Waals surface area contributed by atoms with Crippen LogP contribution < -0.4 is 0 Å². The van der Waals surface area contributed by atoms with Crippen LogP contribution in [0.15, 0.2) is 12.7 Å². The van der Waals surface area contributed by atoms with E-state index in [9.17, 15) is 9.59 Å². The van der Waals surface area contributed by atoms with Crippen LogP contribution >= 0.6 is 0 Å². The van der Waals surface area contributed by atoms with Crippen LogP contribution in [0, 0.1) is 5.92 Å². The maximum atomic E-state index is 11.7. The van der Waals surface area contributed by atoms with E-state index in [-0.39, 0.29) is 18.0 Å². The van der Waals surface area contributed by atoms with Gasteiger partial charge in [-0.25, -0.2) is 4.79 Å². The maximum absolute atomic E-state index is 11.7. The Morgan fingerprint density at radius 3 is 2.59 bits per heavy atom. The van der Waals surface area contributed by atoms with Crippen LogP contribution in [0.2, 0.25) is 0 Å². The first-order chi connectivity index (χ1) is 8.04. The van der Waals surface area contributed by atoms with Crippen molar-refractivity contribution in [2.24, 2.45) is 5.92 Å². The second-order valence-corrected chi connectivity index (χ2v) is 4.32. The van der Waals surface area contributed by atoms with Gasteiger partial charge in [-0.3, -0.25) is 4.79 Å². The normalized spacial score (nSPS) is 18.5. The van der Waals surface area contributed by atoms with Crippen molar-refractivity contribution in [2.45, 2.75) is 32.3 Å². The number of likely N-dealkylation sites (tertiary alicyclic amines) is 1. The SMILES string of the molecule is C=CCC(C)OC(=O)C1CCN(C(=O)O)CC1. The van der Waals surface area contributed by atoms with Crippen LogP contribution in [-0.4, -0.2) is 41.3 Å². The summed E-state index contributed by atoms with van der Waals surface area (Å²) in [6.45, 7) is 6.23. The van der Waals surface area contributed by atoms with Crippen molar-refractivity contribution in [1.82, 2.24) is 4.90 Å². The van der Waals surface area contributed by atoms with E-state index in [2.05, 4.69) is 6.58 Å². The van der Waals surface area contributed by atoms with Gasteiger partial charge in [-0.15, -0.1) is 6.58 Å². The molecule has 1 saturated heterocycles. The molecule has 0 aromatic heterocycles. The number of carboxylic acid groups (broad SMARTS) is 1. The van der Waals surface area contributed by atoms with Gasteiger partial charge in [0.15, 0.2) is 0 Å². The van der Waals surface area contributed by atoms with Gasteiger partial charge in [-0.1, -0.05) is 6.08 Å². The standard InChI is InChI=1S/C12H19NO4/c1-3-4-9(2)17-11(14)10-5-7-13(8-6-10)12(15)16/h3,9-10H,1,4-8H2,2H3,(H,15,16). The zero-order chi connectivity index (χ0) is 12.8. The fraction of sp³-hybridized carbons (Fsp3) is 0.667. The molecule has 0 saturated carbocycles. The summed E-state index contributed by atoms with van der Waals surface area (Å²) >= 11 is 0. The molecule has 1 rings (SSSR count). The Balaban J connectivity index is 2.35. The predicted molar refractivity (Wildman–Crippen MR) is 62.7 cm³/mol. The van der Waals surface area contributed by atoms with Gasteiger partial charge < -0.3 is 14.7 Å². The van der Waals surface area contributed by atoms with Gasteiger partial charge in [0, 0.05) is 19.5 Å². The minimum Gasteiger partial charge on any atom is -0.465 e. The van der Waals surface area contributed by atoms with E-state index in [4.69, 9.17) is 9.84 Å². The van der Waals surface area contributed by atoms with E-state index in [1.165, 1.54) is 4.90 Å². The summed E-state index contributed by atoms with van der Waals surface area (Å²) < 4.78 is 5.25. The molecule has 0 aromatic rings. The molecule has 0 bridgehead atoms. The van der Waals surface area contributed by atoms with Crippen molar-refractivity contribution in [3.63, 3.8) is 0 Å². The van der Waals surface area contributed by atoms with Crippen molar-refractivity contribution >= 4 is 12.1 Å². The number of piperidine rings is 1. The quantitative estimate of drug-likeness (QED) is 0.603. The summed E-state index contributed by atoms with van der Waals surface area (Å²) in [4.78, 5) is 23.8. The van der Waals surface area contributed by atoms with Gasteiger partial charge in [0.1, 0.15) is 6.10 Å². The van der Waals surface area contributed by atoms with E-state index in [1.54, 1.807) is 6.08 Å². The van der Waals surface area contributed by atoms with Gasteiger partial charge in [-0.2, -0.15) is 0 Å². The highest BCUT2D eigenvalue weighted by Crippen LogP contribution is 2.19. The van der Waals surface area contributed by atoms with Crippen molar-refractivity contribution in [2.75, 3.05) is 13.1 Å². The second-order valence-electron chi connectivity index (χ2n) is 4.32. The highest BCUT2D eigenvalue weighted by Gasteiger charge is 2.28. The number of carbonyl (C=O) groups excluding carboxylic acids is 1. The number of ether oxygens (including phenoxy) is 1. The number of carbonyl (C=O) groups is 2. The van der Waals surface area contributed by atoms with Gasteiger partial charge in [0.05, 0.1) is 5.92 Å². The first kappa shape index (κ1) is 13.5. The summed E-state index contributed by atoms with van der Waals surface area (Å²) in [7, 11) is 0. The Morgan fingerprint density at radius 2 is 2.12 bits per heavy atom. The molecule has 1 fully saturated rings. The average molecular weight is 241 g/mol. The lowest BCUT2D eigenvalue weighted by Gasteiger charge is -2.29. The molecule has 5 heteroatoms. The summed E-state index contributed by atoms with van der Waals surface area (Å²) in [5, 5.41) is 8.78. The molecule has 1 heterocycles. The highest BCUT2D eigenvalue weighted by atomic mass is 16.5. The Bertz CT molecular complexity index is 295. The van der Waals surface area contributed by atoms with Gasteiger partial charge in [0.25, 0.3) is 0 Å². The minimum atomic E-state index is -0.920. The topological polar surface area (TPSA) is 66.8 Å². The van der Waals surface area contributed by atoms with Crippen molar-refractivity contribution in [1.29, 1.82) is 0 Å². The van der Waals surface area contributed by atoms with Crippen LogP contribution in [0.4, 0.5) is 4.79 Å². The molecule has 17 heavy (non-hydrogen) atoms. The summed E-state index contributed by atoms with van der Waals surface area (Å²) in [6.07, 6.45) is 2.37. The van der Waals surface area contributed by atoms with Gasteiger partial charge in [0.2, 0.25) is 0 Å². The lowest BCUT2D eigenvalue weighted by atomic mass is 9.97. The largest absolute Gasteiger partial charge is 0.465 e. The van der Waals surface area contributed by atoms with E-state index >= 15 is 0 Å². The second kappa shape index (κ2) is 6.27. The molecule has 0 radical (unpaired) electrons. The number of esters is 1. The van der Waals surface area contributed by atoms with Crippen LogP contribution in [0.3, 0.4) is 0 Å². The summed E-state index contributed by atoms with van der Waals surface area (Å²) in [5.74, 6) is -0.387. The van der Waals surface area contributed by atoms with Gasteiger partial charge >= 0.3 is 12.1 Å². The van der Waals surface area contributed by atoms with Crippen molar-refractivity contribution in [3.8, 4) is 0 Å². The number of rotatable bonds is 4. The molecule has 1 unspecified atom stereocenters. The fourth-order valence-corrected chi connectivity index (χ4v) is 1.88. The van der Waals surface area contributed by atoms with Crippen LogP contribution in [0.25, 0.3) is 0 Å². The predicted octanol–water partition coefficient (Wildman–Crippen LogP) is 1.88. The van der Waals surface area contributed by atoms with Crippen molar-refractivity contribution < 1.29 is 19.4 Å². The molecule has 1 amide bonds. The Kier molecular flexibility index (Phi) is 5.00. The zero-order valence-electron chi connectivity index (χ0n) is 10.1.